The Hall–Kier alpha value is -1.62. The van der Waals surface area contributed by atoms with Gasteiger partial charge in [0.15, 0.2) is 5.69 Å². The number of esters is 1. The van der Waals surface area contributed by atoms with Gasteiger partial charge in [-0.25, -0.2) is 9.78 Å². The predicted octanol–water partition coefficient (Wildman–Crippen LogP) is 1.87. The molecular weight excluding hydrogens is 244 g/mol. The molecule has 0 unspecified atom stereocenters. The molecule has 0 radical (unpaired) electrons. The number of pyridine rings is 1. The van der Waals surface area contributed by atoms with E-state index < -0.39 is 5.60 Å². The Bertz CT molecular complexity index is 448. The van der Waals surface area contributed by atoms with Crippen molar-refractivity contribution in [3.8, 4) is 0 Å². The Kier molecular flexibility index (Phi) is 4.04. The average Bonchev–Trinajstić information content (AvgIpc) is 2.38. The fraction of sp³-hybridized carbons (Fsp3) is 0.571. The van der Waals surface area contributed by atoms with Crippen molar-refractivity contribution in [2.75, 3.05) is 31.2 Å². The van der Waals surface area contributed by atoms with Crippen LogP contribution in [0.3, 0.4) is 0 Å². The van der Waals surface area contributed by atoms with Crippen molar-refractivity contribution < 1.29 is 14.3 Å². The molecule has 0 aromatic carbocycles. The van der Waals surface area contributed by atoms with E-state index in [1.165, 1.54) is 0 Å². The van der Waals surface area contributed by atoms with Gasteiger partial charge in [-0.15, -0.1) is 0 Å². The van der Waals surface area contributed by atoms with E-state index in [1.807, 2.05) is 32.9 Å². The molecule has 1 aromatic heterocycles. The normalized spacial score (nSPS) is 16.3. The second kappa shape index (κ2) is 5.57. The standard InChI is InChI=1S/C14H20N2O3/c1-14(2,3)19-13(17)11-5-4-6-12(15-11)16-7-9-18-10-8-16/h4-6H,7-10H2,1-3H3. The molecule has 0 saturated carbocycles. The molecule has 1 fully saturated rings. The zero-order valence-electron chi connectivity index (χ0n) is 11.7. The van der Waals surface area contributed by atoms with Gasteiger partial charge in [-0.05, 0) is 32.9 Å². The van der Waals surface area contributed by atoms with E-state index in [9.17, 15) is 4.79 Å². The largest absolute Gasteiger partial charge is 0.455 e. The molecule has 0 amide bonds. The summed E-state index contributed by atoms with van der Waals surface area (Å²) in [5, 5.41) is 0. The van der Waals surface area contributed by atoms with Gasteiger partial charge in [0, 0.05) is 13.1 Å². The minimum Gasteiger partial charge on any atom is -0.455 e. The monoisotopic (exact) mass is 264 g/mol. The van der Waals surface area contributed by atoms with Crippen LogP contribution in [0.25, 0.3) is 0 Å². The molecule has 0 aliphatic carbocycles. The third-order valence-corrected chi connectivity index (χ3v) is 2.68. The molecule has 0 N–H and O–H groups in total. The molecule has 1 aliphatic rings. The van der Waals surface area contributed by atoms with Gasteiger partial charge in [0.25, 0.3) is 0 Å². The van der Waals surface area contributed by atoms with Gasteiger partial charge in [-0.2, -0.15) is 0 Å². The summed E-state index contributed by atoms with van der Waals surface area (Å²) in [5.41, 5.74) is -0.160. The van der Waals surface area contributed by atoms with Gasteiger partial charge in [0.2, 0.25) is 0 Å². The van der Waals surface area contributed by atoms with Crippen LogP contribution < -0.4 is 4.90 Å². The fourth-order valence-electron chi connectivity index (χ4n) is 1.84. The summed E-state index contributed by atoms with van der Waals surface area (Å²) in [7, 11) is 0. The minimum absolute atomic E-state index is 0.346. The number of nitrogens with zero attached hydrogens (tertiary/aromatic N) is 2. The van der Waals surface area contributed by atoms with Crippen LogP contribution in [0.5, 0.6) is 0 Å². The summed E-state index contributed by atoms with van der Waals surface area (Å²) < 4.78 is 10.6. The van der Waals surface area contributed by atoms with Crippen LogP contribution in [0.2, 0.25) is 0 Å². The van der Waals surface area contributed by atoms with Gasteiger partial charge in [-0.3, -0.25) is 0 Å². The van der Waals surface area contributed by atoms with E-state index in [0.29, 0.717) is 18.9 Å². The topological polar surface area (TPSA) is 51.7 Å². The van der Waals surface area contributed by atoms with Crippen LogP contribution in [0.4, 0.5) is 5.82 Å². The number of carbonyl (C=O) groups excluding carboxylic acids is 1. The summed E-state index contributed by atoms with van der Waals surface area (Å²) >= 11 is 0. The van der Waals surface area contributed by atoms with E-state index in [0.717, 1.165) is 18.9 Å². The number of aromatic nitrogens is 1. The summed E-state index contributed by atoms with van der Waals surface area (Å²) in [6.45, 7) is 8.51. The maximum absolute atomic E-state index is 12.0. The van der Waals surface area contributed by atoms with Gasteiger partial charge in [-0.1, -0.05) is 6.07 Å². The lowest BCUT2D eigenvalue weighted by Gasteiger charge is -2.28. The molecule has 2 rings (SSSR count). The average molecular weight is 264 g/mol. The number of rotatable bonds is 2. The highest BCUT2D eigenvalue weighted by Gasteiger charge is 2.20. The molecule has 5 heteroatoms. The van der Waals surface area contributed by atoms with E-state index in [2.05, 4.69) is 9.88 Å². The quantitative estimate of drug-likeness (QED) is 0.763. The predicted molar refractivity (Wildman–Crippen MR) is 72.4 cm³/mol. The Balaban J connectivity index is 2.12. The first-order chi connectivity index (χ1) is 8.96. The summed E-state index contributed by atoms with van der Waals surface area (Å²) in [4.78, 5) is 18.5. The SMILES string of the molecule is CC(C)(C)OC(=O)c1cccc(N2CCOCC2)n1. The maximum Gasteiger partial charge on any atom is 0.357 e. The zero-order chi connectivity index (χ0) is 13.9. The van der Waals surface area contributed by atoms with Crippen LogP contribution in [0.15, 0.2) is 18.2 Å². The molecule has 1 aromatic rings. The molecule has 104 valence electrons. The van der Waals surface area contributed by atoms with Crippen molar-refractivity contribution in [1.29, 1.82) is 0 Å². The lowest BCUT2D eigenvalue weighted by Crippen LogP contribution is -2.37. The van der Waals surface area contributed by atoms with Crippen LogP contribution in [0, 0.1) is 0 Å². The van der Waals surface area contributed by atoms with Gasteiger partial charge in [0.05, 0.1) is 13.2 Å². The summed E-state index contributed by atoms with van der Waals surface area (Å²) in [6, 6.07) is 5.41. The number of hydrogen-bond acceptors (Lipinski definition) is 5. The first kappa shape index (κ1) is 13.8. The Morgan fingerprint density at radius 1 is 1.32 bits per heavy atom. The Morgan fingerprint density at radius 3 is 2.63 bits per heavy atom. The highest BCUT2D eigenvalue weighted by atomic mass is 16.6. The molecule has 2 heterocycles. The highest BCUT2D eigenvalue weighted by Crippen LogP contribution is 2.16. The second-order valence-electron chi connectivity index (χ2n) is 5.48. The molecule has 1 aliphatic heterocycles. The third-order valence-electron chi connectivity index (χ3n) is 2.68. The van der Waals surface area contributed by atoms with Gasteiger partial charge < -0.3 is 14.4 Å². The first-order valence-corrected chi connectivity index (χ1v) is 6.49. The number of carbonyl (C=O) groups is 1. The van der Waals surface area contributed by atoms with Crippen molar-refractivity contribution in [1.82, 2.24) is 4.98 Å². The van der Waals surface area contributed by atoms with E-state index in [1.54, 1.807) is 6.07 Å². The van der Waals surface area contributed by atoms with Crippen molar-refractivity contribution in [2.45, 2.75) is 26.4 Å². The molecule has 0 atom stereocenters. The van der Waals surface area contributed by atoms with Crippen LogP contribution in [0.1, 0.15) is 31.3 Å². The number of hydrogen-bond donors (Lipinski definition) is 0. The summed E-state index contributed by atoms with van der Waals surface area (Å²) in [6.07, 6.45) is 0. The van der Waals surface area contributed by atoms with E-state index in [4.69, 9.17) is 9.47 Å². The first-order valence-electron chi connectivity index (χ1n) is 6.49. The van der Waals surface area contributed by atoms with Crippen LogP contribution in [-0.4, -0.2) is 42.9 Å². The van der Waals surface area contributed by atoms with Crippen LogP contribution >= 0.6 is 0 Å². The molecule has 19 heavy (non-hydrogen) atoms. The molecule has 0 bridgehead atoms. The maximum atomic E-state index is 12.0. The van der Waals surface area contributed by atoms with E-state index >= 15 is 0 Å². The van der Waals surface area contributed by atoms with Crippen LogP contribution in [-0.2, 0) is 9.47 Å². The lowest BCUT2D eigenvalue weighted by molar-refractivity contribution is 0.00629. The third kappa shape index (κ3) is 3.92. The Morgan fingerprint density at radius 2 is 2.00 bits per heavy atom. The Labute approximate surface area is 113 Å². The molecular formula is C14H20N2O3. The number of anilines is 1. The van der Waals surface area contributed by atoms with Crippen molar-refractivity contribution in [3.05, 3.63) is 23.9 Å². The lowest BCUT2D eigenvalue weighted by atomic mass is 10.2. The zero-order valence-corrected chi connectivity index (χ0v) is 11.7. The van der Waals surface area contributed by atoms with Crippen molar-refractivity contribution >= 4 is 11.8 Å². The fourth-order valence-corrected chi connectivity index (χ4v) is 1.84. The molecule has 5 nitrogen and oxygen atoms in total. The second-order valence-corrected chi connectivity index (χ2v) is 5.48. The summed E-state index contributed by atoms with van der Waals surface area (Å²) in [5.74, 6) is 0.411. The number of ether oxygens (including phenoxy) is 2. The molecule has 1 saturated heterocycles. The van der Waals surface area contributed by atoms with Gasteiger partial charge in [0.1, 0.15) is 11.4 Å². The highest BCUT2D eigenvalue weighted by molar-refractivity contribution is 5.88. The van der Waals surface area contributed by atoms with Gasteiger partial charge >= 0.3 is 5.97 Å². The minimum atomic E-state index is -0.506. The van der Waals surface area contributed by atoms with E-state index in [-0.39, 0.29) is 5.97 Å². The molecule has 0 spiro atoms. The smallest absolute Gasteiger partial charge is 0.357 e. The van der Waals surface area contributed by atoms with Crippen molar-refractivity contribution in [3.63, 3.8) is 0 Å². The van der Waals surface area contributed by atoms with Crippen molar-refractivity contribution in [2.24, 2.45) is 0 Å². The number of morpholine rings is 1.